The van der Waals surface area contributed by atoms with E-state index < -0.39 is 0 Å². The summed E-state index contributed by atoms with van der Waals surface area (Å²) in [6.45, 7) is 2.06. The van der Waals surface area contributed by atoms with E-state index in [4.69, 9.17) is 11.6 Å². The number of hydrogen-bond donors (Lipinski definition) is 1. The van der Waals surface area contributed by atoms with Crippen LogP contribution in [0, 0.1) is 6.92 Å². The number of nitrogens with one attached hydrogen (secondary N) is 1. The topological polar surface area (TPSA) is 50.7 Å². The lowest BCUT2D eigenvalue weighted by atomic mass is 10.2. The number of aryl methyl sites for hydroxylation is 1. The highest BCUT2D eigenvalue weighted by Crippen LogP contribution is 2.34. The number of aromatic nitrogens is 3. The molecule has 2 aromatic carbocycles. The summed E-state index contributed by atoms with van der Waals surface area (Å²) >= 11 is 7.78. The lowest BCUT2D eigenvalue weighted by Crippen LogP contribution is -1.88. The summed E-state index contributed by atoms with van der Waals surface area (Å²) in [5, 5.41) is 14.6. The molecule has 2 aromatic heterocycles. The predicted octanol–water partition coefficient (Wildman–Crippen LogP) is 5.46. The fourth-order valence-corrected chi connectivity index (χ4v) is 3.46. The summed E-state index contributed by atoms with van der Waals surface area (Å²) in [4.78, 5) is 4.44. The molecular formula is C18H13ClN4S. The minimum absolute atomic E-state index is 0.437. The van der Waals surface area contributed by atoms with E-state index >= 15 is 0 Å². The predicted molar refractivity (Wildman–Crippen MR) is 100 cm³/mol. The van der Waals surface area contributed by atoms with Gasteiger partial charge in [0.1, 0.15) is 5.15 Å². The normalized spacial score (nSPS) is 10.9. The van der Waals surface area contributed by atoms with Crippen LogP contribution in [-0.2, 0) is 0 Å². The Kier molecular flexibility index (Phi) is 3.88. The van der Waals surface area contributed by atoms with Gasteiger partial charge in [0.2, 0.25) is 5.13 Å². The van der Waals surface area contributed by atoms with E-state index in [1.807, 2.05) is 42.5 Å². The number of anilines is 2. The molecule has 4 rings (SSSR count). The zero-order valence-corrected chi connectivity index (χ0v) is 14.4. The highest BCUT2D eigenvalue weighted by molar-refractivity contribution is 7.18. The van der Waals surface area contributed by atoms with Crippen molar-refractivity contribution in [1.82, 2.24) is 15.2 Å². The molecule has 0 atom stereocenters. The Balaban J connectivity index is 1.67. The number of para-hydroxylation sites is 1. The summed E-state index contributed by atoms with van der Waals surface area (Å²) in [6, 6.07) is 18.0. The van der Waals surface area contributed by atoms with Crippen molar-refractivity contribution in [3.63, 3.8) is 0 Å². The van der Waals surface area contributed by atoms with Crippen molar-refractivity contribution in [2.45, 2.75) is 6.92 Å². The van der Waals surface area contributed by atoms with Gasteiger partial charge in [-0.05, 0) is 31.2 Å². The van der Waals surface area contributed by atoms with Gasteiger partial charge in [0.05, 0.1) is 11.1 Å². The van der Waals surface area contributed by atoms with Crippen molar-refractivity contribution in [3.8, 4) is 10.6 Å². The molecule has 0 spiro atoms. The zero-order valence-electron chi connectivity index (χ0n) is 12.8. The molecule has 4 nitrogen and oxygen atoms in total. The molecule has 4 aromatic rings. The largest absolute Gasteiger partial charge is 0.330 e. The molecule has 24 heavy (non-hydrogen) atoms. The van der Waals surface area contributed by atoms with Crippen LogP contribution in [0.3, 0.4) is 0 Å². The lowest BCUT2D eigenvalue weighted by molar-refractivity contribution is 1.10. The quantitative estimate of drug-likeness (QED) is 0.497. The second-order valence-corrected chi connectivity index (χ2v) is 6.76. The molecule has 118 valence electrons. The molecule has 1 N–H and O–H groups in total. The first kappa shape index (κ1) is 15.1. The standard InChI is InChI=1S/C18H13ClN4S/c1-11-6-8-13(9-7-11)20-18-23-22-17(24-18)14-10-12-4-2-3-5-15(12)21-16(14)19/h2-10H,1H3,(H,20,23). The zero-order chi connectivity index (χ0) is 16.5. The van der Waals surface area contributed by atoms with E-state index in [1.54, 1.807) is 0 Å². The fraction of sp³-hybridized carbons (Fsp3) is 0.0556. The molecule has 0 aliphatic carbocycles. The summed E-state index contributed by atoms with van der Waals surface area (Å²) in [5.74, 6) is 0. The lowest BCUT2D eigenvalue weighted by Gasteiger charge is -2.03. The third kappa shape index (κ3) is 2.96. The Morgan fingerprint density at radius 1 is 1.00 bits per heavy atom. The van der Waals surface area contributed by atoms with Gasteiger partial charge in [-0.1, -0.05) is 58.8 Å². The minimum Gasteiger partial charge on any atom is -0.330 e. The molecule has 0 saturated heterocycles. The number of nitrogens with zero attached hydrogens (tertiary/aromatic N) is 3. The van der Waals surface area contributed by atoms with Gasteiger partial charge in [0.15, 0.2) is 5.01 Å². The van der Waals surface area contributed by atoms with Crippen LogP contribution in [0.5, 0.6) is 0 Å². The molecule has 2 heterocycles. The maximum absolute atomic E-state index is 6.33. The summed E-state index contributed by atoms with van der Waals surface area (Å²) in [6.07, 6.45) is 0. The molecule has 0 aliphatic heterocycles. The summed E-state index contributed by atoms with van der Waals surface area (Å²) in [7, 11) is 0. The van der Waals surface area contributed by atoms with Gasteiger partial charge < -0.3 is 5.32 Å². The second kappa shape index (κ2) is 6.19. The highest BCUT2D eigenvalue weighted by atomic mass is 35.5. The Hall–Kier alpha value is -2.50. The van der Waals surface area contributed by atoms with E-state index in [2.05, 4.69) is 39.6 Å². The average Bonchev–Trinajstić information content (AvgIpc) is 3.04. The van der Waals surface area contributed by atoms with E-state index in [0.717, 1.165) is 32.3 Å². The van der Waals surface area contributed by atoms with Gasteiger partial charge in [0.25, 0.3) is 0 Å². The van der Waals surface area contributed by atoms with E-state index in [-0.39, 0.29) is 0 Å². The van der Waals surface area contributed by atoms with Crippen molar-refractivity contribution in [2.24, 2.45) is 0 Å². The van der Waals surface area contributed by atoms with Crippen LogP contribution in [0.1, 0.15) is 5.56 Å². The maximum atomic E-state index is 6.33. The number of halogens is 1. The molecule has 0 radical (unpaired) electrons. The first-order valence-electron chi connectivity index (χ1n) is 7.42. The third-order valence-corrected chi connectivity index (χ3v) is 4.80. The minimum atomic E-state index is 0.437. The summed E-state index contributed by atoms with van der Waals surface area (Å²) < 4.78 is 0. The van der Waals surface area contributed by atoms with Crippen molar-refractivity contribution < 1.29 is 0 Å². The van der Waals surface area contributed by atoms with E-state index in [0.29, 0.717) is 5.15 Å². The molecular weight excluding hydrogens is 340 g/mol. The monoisotopic (exact) mass is 352 g/mol. The molecule has 6 heteroatoms. The number of rotatable bonds is 3. The van der Waals surface area contributed by atoms with Gasteiger partial charge in [0, 0.05) is 11.1 Å². The SMILES string of the molecule is Cc1ccc(Nc2nnc(-c3cc4ccccc4nc3Cl)s2)cc1. The van der Waals surface area contributed by atoms with Crippen molar-refractivity contribution in [2.75, 3.05) is 5.32 Å². The van der Waals surface area contributed by atoms with Crippen LogP contribution in [0.4, 0.5) is 10.8 Å². The molecule has 0 saturated carbocycles. The van der Waals surface area contributed by atoms with Crippen LogP contribution < -0.4 is 5.32 Å². The molecule has 0 aliphatic rings. The fourth-order valence-electron chi connectivity index (χ4n) is 2.39. The first-order chi connectivity index (χ1) is 11.7. The average molecular weight is 353 g/mol. The maximum Gasteiger partial charge on any atom is 0.210 e. The summed E-state index contributed by atoms with van der Waals surface area (Å²) in [5.41, 5.74) is 3.86. The molecule has 0 bridgehead atoms. The Morgan fingerprint density at radius 2 is 1.79 bits per heavy atom. The van der Waals surface area contributed by atoms with Gasteiger partial charge in [-0.3, -0.25) is 0 Å². The van der Waals surface area contributed by atoms with Gasteiger partial charge >= 0.3 is 0 Å². The Labute approximate surface area is 148 Å². The van der Waals surface area contributed by atoms with Crippen LogP contribution in [0.25, 0.3) is 21.5 Å². The van der Waals surface area contributed by atoms with Gasteiger partial charge in [-0.25, -0.2) is 4.98 Å². The van der Waals surface area contributed by atoms with Gasteiger partial charge in [-0.15, -0.1) is 10.2 Å². The highest BCUT2D eigenvalue weighted by Gasteiger charge is 2.13. The van der Waals surface area contributed by atoms with Crippen molar-refractivity contribution in [1.29, 1.82) is 0 Å². The smallest absolute Gasteiger partial charge is 0.210 e. The Bertz CT molecular complexity index is 1010. The number of pyridine rings is 1. The Morgan fingerprint density at radius 3 is 2.62 bits per heavy atom. The van der Waals surface area contributed by atoms with E-state index in [1.165, 1.54) is 16.9 Å². The molecule has 0 amide bonds. The molecule has 0 fully saturated rings. The van der Waals surface area contributed by atoms with Crippen molar-refractivity contribution in [3.05, 3.63) is 65.3 Å². The third-order valence-electron chi connectivity index (χ3n) is 3.64. The van der Waals surface area contributed by atoms with Crippen LogP contribution in [0.15, 0.2) is 54.6 Å². The van der Waals surface area contributed by atoms with Crippen LogP contribution in [-0.4, -0.2) is 15.2 Å². The van der Waals surface area contributed by atoms with Gasteiger partial charge in [-0.2, -0.15) is 0 Å². The molecule has 0 unspecified atom stereocenters. The van der Waals surface area contributed by atoms with Crippen LogP contribution in [0.2, 0.25) is 5.15 Å². The van der Waals surface area contributed by atoms with E-state index in [9.17, 15) is 0 Å². The first-order valence-corrected chi connectivity index (χ1v) is 8.61. The number of benzene rings is 2. The van der Waals surface area contributed by atoms with Crippen LogP contribution >= 0.6 is 22.9 Å². The van der Waals surface area contributed by atoms with Crippen molar-refractivity contribution >= 4 is 44.7 Å². The number of fused-ring (bicyclic) bond motifs is 1. The second-order valence-electron chi connectivity index (χ2n) is 5.42. The number of hydrogen-bond acceptors (Lipinski definition) is 5.